The van der Waals surface area contributed by atoms with E-state index in [9.17, 15) is 0 Å². The lowest BCUT2D eigenvalue weighted by atomic mass is 9.72. The fourth-order valence-electron chi connectivity index (χ4n) is 3.12. The normalized spacial score (nSPS) is 20.2. The third-order valence-electron chi connectivity index (χ3n) is 4.70. The van der Waals surface area contributed by atoms with Crippen molar-refractivity contribution in [1.82, 2.24) is 0 Å². The first-order chi connectivity index (χ1) is 11.5. The number of rotatable bonds is 6. The Morgan fingerprint density at radius 2 is 1.80 bits per heavy atom. The summed E-state index contributed by atoms with van der Waals surface area (Å²) in [5, 5.41) is 0. The van der Waals surface area contributed by atoms with Crippen LogP contribution in [-0.2, 0) is 4.74 Å². The van der Waals surface area contributed by atoms with Crippen LogP contribution in [0.2, 0.25) is 0 Å². The molecule has 0 aliphatic heterocycles. The first kappa shape index (κ1) is 21.7. The third kappa shape index (κ3) is 8.54. The van der Waals surface area contributed by atoms with Crippen molar-refractivity contribution in [2.45, 2.75) is 80.3 Å². The average molecular weight is 343 g/mol. The van der Waals surface area contributed by atoms with Crippen molar-refractivity contribution in [3.05, 3.63) is 58.7 Å². The molecule has 1 aliphatic rings. The van der Waals surface area contributed by atoms with Crippen LogP contribution in [0.15, 0.2) is 58.7 Å². The van der Waals surface area contributed by atoms with Gasteiger partial charge in [0, 0.05) is 0 Å². The molecule has 0 amide bonds. The van der Waals surface area contributed by atoms with Gasteiger partial charge in [-0.05, 0) is 71.8 Å². The number of ether oxygens (including phenoxy) is 1. The summed E-state index contributed by atoms with van der Waals surface area (Å²) in [6, 6.07) is 0. The minimum atomic E-state index is -0.0819. The van der Waals surface area contributed by atoms with Crippen LogP contribution in [0.3, 0.4) is 0 Å². The molecule has 0 unspecified atom stereocenters. The second kappa shape index (κ2) is 9.38. The second-order valence-electron chi connectivity index (χ2n) is 8.91. The van der Waals surface area contributed by atoms with Crippen LogP contribution in [0.4, 0.5) is 0 Å². The van der Waals surface area contributed by atoms with Gasteiger partial charge in [0.1, 0.15) is 0 Å². The molecular weight excluding hydrogens is 304 g/mol. The van der Waals surface area contributed by atoms with Crippen molar-refractivity contribution in [1.29, 1.82) is 0 Å². The van der Waals surface area contributed by atoms with E-state index < -0.39 is 0 Å². The Morgan fingerprint density at radius 3 is 2.40 bits per heavy atom. The molecule has 0 aromatic carbocycles. The number of hydrogen-bond acceptors (Lipinski definition) is 1. The van der Waals surface area contributed by atoms with Gasteiger partial charge >= 0.3 is 0 Å². The van der Waals surface area contributed by atoms with Crippen LogP contribution in [0.25, 0.3) is 0 Å². The molecule has 1 heteroatoms. The highest BCUT2D eigenvalue weighted by Gasteiger charge is 2.26. The Bertz CT molecular complexity index is 586. The molecule has 0 N–H and O–H groups in total. The third-order valence-corrected chi connectivity index (χ3v) is 4.70. The molecule has 0 bridgehead atoms. The Hall–Kier alpha value is -1.34. The Morgan fingerprint density at radius 1 is 1.12 bits per heavy atom. The standard InChI is InChI=1S/C24H38O/c1-19(11-9-12-20(2)16-18-25-23(4,5)6)14-15-22-21(3)13-10-17-24(22,7)8/h9,11-12,14-16H,10,13,17-18H2,1-8H3. The van der Waals surface area contributed by atoms with E-state index in [-0.39, 0.29) is 5.60 Å². The van der Waals surface area contributed by atoms with Gasteiger partial charge in [0.2, 0.25) is 0 Å². The SMILES string of the molecule is CC(C=CC1=C(C)CCCC1(C)C)=CC=CC(C)=CCOC(C)(C)C. The average Bonchev–Trinajstić information content (AvgIpc) is 2.44. The quantitative estimate of drug-likeness (QED) is 0.459. The molecule has 0 saturated carbocycles. The largest absolute Gasteiger partial charge is 0.372 e. The van der Waals surface area contributed by atoms with E-state index in [2.05, 4.69) is 91.8 Å². The summed E-state index contributed by atoms with van der Waals surface area (Å²) in [7, 11) is 0. The van der Waals surface area contributed by atoms with Crippen molar-refractivity contribution in [3.63, 3.8) is 0 Å². The maximum absolute atomic E-state index is 5.72. The molecule has 1 nitrogen and oxygen atoms in total. The van der Waals surface area contributed by atoms with E-state index in [0.29, 0.717) is 12.0 Å². The van der Waals surface area contributed by atoms with Crippen LogP contribution in [0.1, 0.15) is 74.7 Å². The van der Waals surface area contributed by atoms with Crippen molar-refractivity contribution >= 4 is 0 Å². The summed E-state index contributed by atoms with van der Waals surface area (Å²) < 4.78 is 5.72. The van der Waals surface area contributed by atoms with Gasteiger partial charge in [-0.1, -0.05) is 67.0 Å². The monoisotopic (exact) mass is 342 g/mol. The molecule has 25 heavy (non-hydrogen) atoms. The van der Waals surface area contributed by atoms with Crippen LogP contribution >= 0.6 is 0 Å². The first-order valence-corrected chi connectivity index (χ1v) is 9.55. The zero-order valence-electron chi connectivity index (χ0n) is 17.7. The van der Waals surface area contributed by atoms with E-state index in [4.69, 9.17) is 4.74 Å². The minimum absolute atomic E-state index is 0.0819. The van der Waals surface area contributed by atoms with E-state index in [1.54, 1.807) is 5.57 Å². The van der Waals surface area contributed by atoms with E-state index in [1.165, 1.54) is 36.0 Å². The summed E-state index contributed by atoms with van der Waals surface area (Å²) in [6.45, 7) is 18.2. The van der Waals surface area contributed by atoms with Gasteiger partial charge in [-0.2, -0.15) is 0 Å². The van der Waals surface area contributed by atoms with Crippen LogP contribution < -0.4 is 0 Å². The maximum Gasteiger partial charge on any atom is 0.0660 e. The number of allylic oxidation sites excluding steroid dienone is 9. The van der Waals surface area contributed by atoms with Gasteiger partial charge in [0.25, 0.3) is 0 Å². The lowest BCUT2D eigenvalue weighted by Gasteiger charge is -2.32. The molecule has 0 atom stereocenters. The summed E-state index contributed by atoms with van der Waals surface area (Å²) >= 11 is 0. The van der Waals surface area contributed by atoms with Gasteiger partial charge in [0.05, 0.1) is 12.2 Å². The van der Waals surface area contributed by atoms with Crippen LogP contribution in [0.5, 0.6) is 0 Å². The summed E-state index contributed by atoms with van der Waals surface area (Å²) in [5.74, 6) is 0. The topological polar surface area (TPSA) is 9.23 Å². The molecule has 0 spiro atoms. The van der Waals surface area contributed by atoms with Gasteiger partial charge < -0.3 is 4.74 Å². The van der Waals surface area contributed by atoms with Gasteiger partial charge in [-0.25, -0.2) is 0 Å². The molecule has 0 aromatic heterocycles. The van der Waals surface area contributed by atoms with Crippen LogP contribution in [-0.4, -0.2) is 12.2 Å². The van der Waals surface area contributed by atoms with Crippen molar-refractivity contribution in [3.8, 4) is 0 Å². The smallest absolute Gasteiger partial charge is 0.0660 e. The molecular formula is C24H38O. The molecule has 0 fully saturated rings. The Balaban J connectivity index is 2.65. The summed E-state index contributed by atoms with van der Waals surface area (Å²) in [6.07, 6.45) is 17.0. The molecule has 1 aliphatic carbocycles. The zero-order chi connectivity index (χ0) is 19.1. The summed E-state index contributed by atoms with van der Waals surface area (Å²) in [5.41, 5.74) is 5.79. The fraction of sp³-hybridized carbons (Fsp3) is 0.583. The zero-order valence-corrected chi connectivity index (χ0v) is 17.7. The first-order valence-electron chi connectivity index (χ1n) is 9.55. The van der Waals surface area contributed by atoms with Crippen molar-refractivity contribution < 1.29 is 4.74 Å². The molecule has 0 heterocycles. The predicted octanol–water partition coefficient (Wildman–Crippen LogP) is 7.33. The highest BCUT2D eigenvalue weighted by molar-refractivity contribution is 5.37. The Labute approximate surface area is 156 Å². The molecule has 1 rings (SSSR count). The highest BCUT2D eigenvalue weighted by atomic mass is 16.5. The maximum atomic E-state index is 5.72. The Kier molecular flexibility index (Phi) is 8.15. The van der Waals surface area contributed by atoms with Gasteiger partial charge in [0.15, 0.2) is 0 Å². The lowest BCUT2D eigenvalue weighted by molar-refractivity contribution is 0.0148. The molecule has 0 saturated heterocycles. The van der Waals surface area contributed by atoms with E-state index >= 15 is 0 Å². The number of hydrogen-bond donors (Lipinski definition) is 0. The van der Waals surface area contributed by atoms with Crippen molar-refractivity contribution in [2.24, 2.45) is 5.41 Å². The minimum Gasteiger partial charge on any atom is -0.372 e. The lowest BCUT2D eigenvalue weighted by Crippen LogP contribution is -2.19. The van der Waals surface area contributed by atoms with Crippen LogP contribution in [0, 0.1) is 5.41 Å². The highest BCUT2D eigenvalue weighted by Crippen LogP contribution is 2.40. The molecule has 0 radical (unpaired) electrons. The summed E-state index contributed by atoms with van der Waals surface area (Å²) in [4.78, 5) is 0. The van der Waals surface area contributed by atoms with Gasteiger partial charge in [-0.3, -0.25) is 0 Å². The fourth-order valence-corrected chi connectivity index (χ4v) is 3.12. The molecule has 0 aromatic rings. The van der Waals surface area contributed by atoms with Gasteiger partial charge in [-0.15, -0.1) is 0 Å². The predicted molar refractivity (Wildman–Crippen MR) is 112 cm³/mol. The van der Waals surface area contributed by atoms with E-state index in [0.717, 1.165) is 0 Å². The van der Waals surface area contributed by atoms with Crippen molar-refractivity contribution in [2.75, 3.05) is 6.61 Å². The molecule has 140 valence electrons. The van der Waals surface area contributed by atoms with E-state index in [1.807, 2.05) is 0 Å². The second-order valence-corrected chi connectivity index (χ2v) is 8.91.